The molecule has 0 fully saturated rings. The number of benzene rings is 2. The molecule has 0 amide bonds. The highest BCUT2D eigenvalue weighted by Crippen LogP contribution is 2.18. The predicted molar refractivity (Wildman–Crippen MR) is 90.0 cm³/mol. The van der Waals surface area contributed by atoms with Crippen LogP contribution in [0.4, 0.5) is 0 Å². The van der Waals surface area contributed by atoms with Gasteiger partial charge in [0.15, 0.2) is 0 Å². The minimum Gasteiger partial charge on any atom is -0.295 e. The van der Waals surface area contributed by atoms with E-state index in [0.29, 0.717) is 6.54 Å². The fourth-order valence-electron chi connectivity index (χ4n) is 2.12. The smallest absolute Gasteiger partial charge is 0.254 e. The van der Waals surface area contributed by atoms with Crippen molar-refractivity contribution in [3.8, 4) is 0 Å². The van der Waals surface area contributed by atoms with Crippen molar-refractivity contribution in [2.24, 2.45) is 0 Å². The summed E-state index contributed by atoms with van der Waals surface area (Å²) < 4.78 is 1.63. The first-order valence-corrected chi connectivity index (χ1v) is 8.07. The Bertz CT molecular complexity index is 785. The molecule has 0 radical (unpaired) electrons. The lowest BCUT2D eigenvalue weighted by atomic mass is 10.2. The summed E-state index contributed by atoms with van der Waals surface area (Å²) in [4.78, 5) is 16.5. The van der Waals surface area contributed by atoms with Crippen LogP contribution in [0.5, 0.6) is 0 Å². The maximum Gasteiger partial charge on any atom is 0.254 e. The zero-order valence-corrected chi connectivity index (χ0v) is 12.9. The second-order valence-electron chi connectivity index (χ2n) is 4.95. The average Bonchev–Trinajstić information content (AvgIpc) is 2.57. The minimum atomic E-state index is -0.0191. The molecule has 0 saturated heterocycles. The first-order valence-electron chi connectivity index (χ1n) is 7.08. The molecule has 0 spiro atoms. The molecule has 0 saturated carbocycles. The van der Waals surface area contributed by atoms with E-state index in [1.807, 2.05) is 48.5 Å². The summed E-state index contributed by atoms with van der Waals surface area (Å²) in [6, 6.07) is 21.7. The number of hydrogen-bond acceptors (Lipinski definition) is 3. The molecule has 0 aliphatic heterocycles. The summed E-state index contributed by atoms with van der Waals surface area (Å²) in [5.41, 5.74) is 2.30. The van der Waals surface area contributed by atoms with Crippen molar-refractivity contribution in [3.63, 3.8) is 0 Å². The number of nitrogens with zero attached hydrogens (tertiary/aromatic N) is 2. The van der Waals surface area contributed by atoms with Crippen LogP contribution in [0.3, 0.4) is 0 Å². The summed E-state index contributed by atoms with van der Waals surface area (Å²) in [5, 5.41) is 0.762. The van der Waals surface area contributed by atoms with Crippen molar-refractivity contribution in [1.82, 2.24) is 9.55 Å². The second kappa shape index (κ2) is 7.09. The molecule has 1 aromatic heterocycles. The van der Waals surface area contributed by atoms with Crippen LogP contribution in [0.25, 0.3) is 0 Å². The van der Waals surface area contributed by atoms with Crippen LogP contribution in [0, 0.1) is 0 Å². The van der Waals surface area contributed by atoms with Gasteiger partial charge in [0.2, 0.25) is 0 Å². The maximum atomic E-state index is 12.2. The molecule has 4 heteroatoms. The monoisotopic (exact) mass is 308 g/mol. The van der Waals surface area contributed by atoms with Crippen molar-refractivity contribution in [2.75, 3.05) is 0 Å². The summed E-state index contributed by atoms with van der Waals surface area (Å²) in [6.07, 6.45) is 1.63. The van der Waals surface area contributed by atoms with Crippen molar-refractivity contribution in [1.29, 1.82) is 0 Å². The lowest BCUT2D eigenvalue weighted by molar-refractivity contribution is 0.720. The van der Waals surface area contributed by atoms with E-state index < -0.39 is 0 Å². The van der Waals surface area contributed by atoms with E-state index in [-0.39, 0.29) is 5.56 Å². The Morgan fingerprint density at radius 3 is 2.18 bits per heavy atom. The first-order chi connectivity index (χ1) is 10.8. The van der Waals surface area contributed by atoms with E-state index >= 15 is 0 Å². The Balaban J connectivity index is 1.68. The third kappa shape index (κ3) is 3.86. The molecule has 0 atom stereocenters. The van der Waals surface area contributed by atoms with Gasteiger partial charge in [-0.25, -0.2) is 4.98 Å². The maximum absolute atomic E-state index is 12.2. The van der Waals surface area contributed by atoms with Crippen LogP contribution in [-0.4, -0.2) is 9.55 Å². The molecule has 110 valence electrons. The summed E-state index contributed by atoms with van der Waals surface area (Å²) in [5.74, 6) is 0.815. The number of aromatic nitrogens is 2. The van der Waals surface area contributed by atoms with Crippen LogP contribution in [-0.2, 0) is 12.3 Å². The molecule has 0 aliphatic carbocycles. The fraction of sp³-hybridized carbons (Fsp3) is 0.111. The molecule has 0 bridgehead atoms. The molecule has 2 aromatic carbocycles. The number of rotatable bonds is 5. The van der Waals surface area contributed by atoms with E-state index in [2.05, 4.69) is 17.1 Å². The third-order valence-electron chi connectivity index (χ3n) is 3.28. The molecule has 0 N–H and O–H groups in total. The van der Waals surface area contributed by atoms with Gasteiger partial charge in [0.25, 0.3) is 5.56 Å². The van der Waals surface area contributed by atoms with E-state index in [1.165, 1.54) is 5.56 Å². The lowest BCUT2D eigenvalue weighted by Gasteiger charge is -2.06. The topological polar surface area (TPSA) is 34.9 Å². The van der Waals surface area contributed by atoms with Gasteiger partial charge in [-0.15, -0.1) is 11.8 Å². The molecule has 0 unspecified atom stereocenters. The highest BCUT2D eigenvalue weighted by Gasteiger charge is 2.02. The van der Waals surface area contributed by atoms with Crippen molar-refractivity contribution < 1.29 is 0 Å². The van der Waals surface area contributed by atoms with Gasteiger partial charge in [-0.1, -0.05) is 60.7 Å². The van der Waals surface area contributed by atoms with Gasteiger partial charge in [0, 0.05) is 11.8 Å². The van der Waals surface area contributed by atoms with Crippen LogP contribution in [0.1, 0.15) is 11.1 Å². The van der Waals surface area contributed by atoms with Gasteiger partial charge in [-0.2, -0.15) is 0 Å². The number of hydrogen-bond donors (Lipinski definition) is 0. The van der Waals surface area contributed by atoms with Gasteiger partial charge in [-0.05, 0) is 11.1 Å². The molecule has 3 nitrogen and oxygen atoms in total. The molecule has 3 aromatic rings. The van der Waals surface area contributed by atoms with Crippen LogP contribution in [0.2, 0.25) is 0 Å². The second-order valence-corrected chi connectivity index (χ2v) is 5.95. The lowest BCUT2D eigenvalue weighted by Crippen LogP contribution is -2.20. The molecular weight excluding hydrogens is 292 g/mol. The highest BCUT2D eigenvalue weighted by molar-refractivity contribution is 7.98. The van der Waals surface area contributed by atoms with Crippen LogP contribution in [0.15, 0.2) is 82.9 Å². The Morgan fingerprint density at radius 1 is 0.909 bits per heavy atom. The Labute approximate surface area is 133 Å². The molecular formula is C18H16N2OS. The van der Waals surface area contributed by atoms with Gasteiger partial charge >= 0.3 is 0 Å². The van der Waals surface area contributed by atoms with Gasteiger partial charge in [0.1, 0.15) is 5.03 Å². The van der Waals surface area contributed by atoms with Gasteiger partial charge in [-0.3, -0.25) is 9.36 Å². The molecule has 22 heavy (non-hydrogen) atoms. The Morgan fingerprint density at radius 2 is 1.55 bits per heavy atom. The fourth-order valence-corrected chi connectivity index (χ4v) is 2.93. The molecule has 3 rings (SSSR count). The zero-order chi connectivity index (χ0) is 15.2. The predicted octanol–water partition coefficient (Wildman–Crippen LogP) is 3.58. The quantitative estimate of drug-likeness (QED) is 0.534. The molecule has 1 heterocycles. The summed E-state index contributed by atoms with van der Waals surface area (Å²) in [7, 11) is 0. The van der Waals surface area contributed by atoms with Crippen molar-refractivity contribution >= 4 is 11.8 Å². The van der Waals surface area contributed by atoms with Gasteiger partial charge < -0.3 is 0 Å². The van der Waals surface area contributed by atoms with Gasteiger partial charge in [0.05, 0.1) is 12.9 Å². The van der Waals surface area contributed by atoms with E-state index in [4.69, 9.17) is 0 Å². The zero-order valence-electron chi connectivity index (χ0n) is 12.1. The summed E-state index contributed by atoms with van der Waals surface area (Å²) in [6.45, 7) is 0.552. The average molecular weight is 308 g/mol. The SMILES string of the molecule is O=c1cc(SCc2ccccc2)ncn1Cc1ccccc1. The Kier molecular flexibility index (Phi) is 4.71. The van der Waals surface area contributed by atoms with Crippen LogP contribution >= 0.6 is 11.8 Å². The largest absolute Gasteiger partial charge is 0.295 e. The molecule has 0 aliphatic rings. The van der Waals surface area contributed by atoms with Crippen LogP contribution < -0.4 is 5.56 Å². The first kappa shape index (κ1) is 14.6. The third-order valence-corrected chi connectivity index (χ3v) is 4.28. The minimum absolute atomic E-state index is 0.0191. The van der Waals surface area contributed by atoms with E-state index in [9.17, 15) is 4.79 Å². The highest BCUT2D eigenvalue weighted by atomic mass is 32.2. The summed E-state index contributed by atoms with van der Waals surface area (Å²) >= 11 is 1.58. The van der Waals surface area contributed by atoms with E-state index in [1.54, 1.807) is 28.7 Å². The van der Waals surface area contributed by atoms with Crippen molar-refractivity contribution in [2.45, 2.75) is 17.3 Å². The Hall–Kier alpha value is -2.33. The number of thioether (sulfide) groups is 1. The van der Waals surface area contributed by atoms with E-state index in [0.717, 1.165) is 16.3 Å². The van der Waals surface area contributed by atoms with Crippen molar-refractivity contribution in [3.05, 3.63) is 94.5 Å². The standard InChI is InChI=1S/C18H16N2OS/c21-18-11-17(22-13-16-9-5-2-6-10-16)19-14-20(18)12-15-7-3-1-4-8-15/h1-11,14H,12-13H2. The normalized spacial score (nSPS) is 10.5.